The molecule has 0 spiro atoms. The Bertz CT molecular complexity index is 614. The highest BCUT2D eigenvalue weighted by Gasteiger charge is 2.12. The number of carbonyl (C=O) groups is 1. The molecule has 98 valence electrons. The molecule has 0 radical (unpaired) electrons. The molecule has 1 aromatic heterocycles. The number of carbonyl (C=O) groups excluding carboxylic acids is 1. The Labute approximate surface area is 119 Å². The van der Waals surface area contributed by atoms with Gasteiger partial charge < -0.3 is 10.5 Å². The number of ether oxygens (including phenoxy) is 1. The number of rotatable bonds is 4. The van der Waals surface area contributed by atoms with Gasteiger partial charge in [-0.25, -0.2) is 0 Å². The summed E-state index contributed by atoms with van der Waals surface area (Å²) in [5.41, 5.74) is 7.59. The molecule has 2 aromatic rings. The summed E-state index contributed by atoms with van der Waals surface area (Å²) in [6.07, 6.45) is 3.59. The number of aromatic nitrogens is 1. The molecule has 2 N–H and O–H groups in total. The largest absolute Gasteiger partial charge is 0.497 e. The summed E-state index contributed by atoms with van der Waals surface area (Å²) in [5.74, 6) is 0.557. The number of nitrogens with two attached hydrogens (primary N) is 1. The third-order valence-electron chi connectivity index (χ3n) is 2.69. The molecule has 0 aliphatic heterocycles. The first-order chi connectivity index (χ1) is 9.10. The Balaban J connectivity index is 2.25. The number of halogens is 1. The van der Waals surface area contributed by atoms with Crippen LogP contribution in [0.2, 0.25) is 0 Å². The highest BCUT2D eigenvalue weighted by Crippen LogP contribution is 2.21. The van der Waals surface area contributed by atoms with Gasteiger partial charge in [0.05, 0.1) is 7.11 Å². The highest BCUT2D eigenvalue weighted by molar-refractivity contribution is 9.10. The molecule has 0 bridgehead atoms. The maximum atomic E-state index is 12.2. The van der Waals surface area contributed by atoms with E-state index in [9.17, 15) is 4.79 Å². The Hall–Kier alpha value is -1.88. The van der Waals surface area contributed by atoms with E-state index in [1.807, 2.05) is 6.07 Å². The number of hydrogen-bond donors (Lipinski definition) is 1. The Morgan fingerprint density at radius 2 is 2.16 bits per heavy atom. The predicted octanol–water partition coefficient (Wildman–Crippen LogP) is 2.86. The van der Waals surface area contributed by atoms with Crippen molar-refractivity contribution in [3.63, 3.8) is 0 Å². The average molecular weight is 321 g/mol. The molecule has 4 nitrogen and oxygen atoms in total. The first-order valence-corrected chi connectivity index (χ1v) is 6.45. The highest BCUT2D eigenvalue weighted by atomic mass is 79.9. The van der Waals surface area contributed by atoms with Crippen LogP contribution in [0.4, 0.5) is 5.69 Å². The van der Waals surface area contributed by atoms with Crippen LogP contribution < -0.4 is 10.5 Å². The fourth-order valence-electron chi connectivity index (χ4n) is 1.74. The van der Waals surface area contributed by atoms with Gasteiger partial charge in [0.2, 0.25) is 0 Å². The first-order valence-electron chi connectivity index (χ1n) is 5.66. The second-order valence-electron chi connectivity index (χ2n) is 4.06. The van der Waals surface area contributed by atoms with E-state index in [4.69, 9.17) is 10.5 Å². The van der Waals surface area contributed by atoms with Gasteiger partial charge in [-0.15, -0.1) is 0 Å². The van der Waals surface area contributed by atoms with Crippen molar-refractivity contribution in [2.75, 3.05) is 12.8 Å². The lowest BCUT2D eigenvalue weighted by Gasteiger charge is -2.07. The van der Waals surface area contributed by atoms with Crippen molar-refractivity contribution in [1.29, 1.82) is 0 Å². The van der Waals surface area contributed by atoms with E-state index in [1.165, 1.54) is 0 Å². The molecule has 5 heteroatoms. The van der Waals surface area contributed by atoms with Crippen molar-refractivity contribution in [2.45, 2.75) is 6.42 Å². The van der Waals surface area contributed by atoms with E-state index in [0.29, 0.717) is 17.0 Å². The molecule has 0 atom stereocenters. The topological polar surface area (TPSA) is 65.2 Å². The minimum absolute atomic E-state index is 0.0590. The minimum Gasteiger partial charge on any atom is -0.497 e. The molecule has 1 aromatic carbocycles. The molecule has 0 aliphatic rings. The van der Waals surface area contributed by atoms with Gasteiger partial charge in [-0.1, -0.05) is 0 Å². The van der Waals surface area contributed by atoms with E-state index in [2.05, 4.69) is 20.9 Å². The summed E-state index contributed by atoms with van der Waals surface area (Å²) in [6.45, 7) is 0. The van der Waals surface area contributed by atoms with E-state index in [-0.39, 0.29) is 12.2 Å². The summed E-state index contributed by atoms with van der Waals surface area (Å²) in [7, 11) is 1.55. The van der Waals surface area contributed by atoms with Crippen LogP contribution in [0.5, 0.6) is 5.75 Å². The number of anilines is 1. The fourth-order valence-corrected chi connectivity index (χ4v) is 2.15. The number of nitrogen functional groups attached to an aromatic ring is 1. The predicted molar refractivity (Wildman–Crippen MR) is 77.4 cm³/mol. The van der Waals surface area contributed by atoms with Gasteiger partial charge in [0, 0.05) is 34.5 Å². The van der Waals surface area contributed by atoms with Crippen LogP contribution in [0.15, 0.2) is 41.1 Å². The van der Waals surface area contributed by atoms with Crippen LogP contribution >= 0.6 is 15.9 Å². The monoisotopic (exact) mass is 320 g/mol. The molecule has 0 amide bonds. The third kappa shape index (κ3) is 3.32. The van der Waals surface area contributed by atoms with E-state index >= 15 is 0 Å². The van der Waals surface area contributed by atoms with E-state index in [1.54, 1.807) is 37.7 Å². The average Bonchev–Trinajstić information content (AvgIpc) is 2.39. The molecule has 2 rings (SSSR count). The smallest absolute Gasteiger partial charge is 0.169 e. The van der Waals surface area contributed by atoms with Gasteiger partial charge in [0.1, 0.15) is 5.75 Å². The second kappa shape index (κ2) is 5.84. The van der Waals surface area contributed by atoms with Gasteiger partial charge in [0.15, 0.2) is 5.78 Å². The third-order valence-corrected chi connectivity index (χ3v) is 3.12. The standard InChI is InChI=1S/C14H13BrN2O2/c1-19-11-2-3-13(16)12(6-11)14(18)5-9-4-10(15)8-17-7-9/h2-4,6-8H,5,16H2,1H3. The Kier molecular flexibility index (Phi) is 4.16. The molecule has 19 heavy (non-hydrogen) atoms. The molecule has 0 saturated heterocycles. The molecule has 0 saturated carbocycles. The van der Waals surface area contributed by atoms with Crippen molar-refractivity contribution in [2.24, 2.45) is 0 Å². The van der Waals surface area contributed by atoms with Crippen molar-refractivity contribution < 1.29 is 9.53 Å². The van der Waals surface area contributed by atoms with Crippen LogP contribution in [-0.4, -0.2) is 17.9 Å². The van der Waals surface area contributed by atoms with Crippen molar-refractivity contribution in [3.05, 3.63) is 52.3 Å². The van der Waals surface area contributed by atoms with Gasteiger partial charge in [0.25, 0.3) is 0 Å². The summed E-state index contributed by atoms with van der Waals surface area (Å²) >= 11 is 3.33. The fraction of sp³-hybridized carbons (Fsp3) is 0.143. The van der Waals surface area contributed by atoms with Gasteiger partial charge in [-0.2, -0.15) is 0 Å². The molecule has 0 aliphatic carbocycles. The summed E-state index contributed by atoms with van der Waals surface area (Å²) < 4.78 is 5.95. The lowest BCUT2D eigenvalue weighted by atomic mass is 10.0. The van der Waals surface area contributed by atoms with Crippen molar-refractivity contribution >= 4 is 27.4 Å². The second-order valence-corrected chi connectivity index (χ2v) is 4.98. The summed E-state index contributed by atoms with van der Waals surface area (Å²) in [4.78, 5) is 16.3. The zero-order valence-electron chi connectivity index (χ0n) is 10.4. The molecule has 0 unspecified atom stereocenters. The van der Waals surface area contributed by atoms with Gasteiger partial charge in [-0.05, 0) is 45.8 Å². The normalized spacial score (nSPS) is 10.2. The lowest BCUT2D eigenvalue weighted by molar-refractivity contribution is 0.0993. The molecular formula is C14H13BrN2O2. The van der Waals surface area contributed by atoms with Crippen LogP contribution in [0.3, 0.4) is 0 Å². The van der Waals surface area contributed by atoms with Crippen LogP contribution in [0.25, 0.3) is 0 Å². The number of Topliss-reactive ketones (excluding diaryl/α,β-unsaturated/α-hetero) is 1. The quantitative estimate of drug-likeness (QED) is 0.695. The first kappa shape index (κ1) is 13.5. The van der Waals surface area contributed by atoms with E-state index in [0.717, 1.165) is 10.0 Å². The van der Waals surface area contributed by atoms with Crippen LogP contribution in [0.1, 0.15) is 15.9 Å². The Morgan fingerprint density at radius 3 is 2.84 bits per heavy atom. The van der Waals surface area contributed by atoms with Crippen LogP contribution in [-0.2, 0) is 6.42 Å². The Morgan fingerprint density at radius 1 is 1.37 bits per heavy atom. The molecule has 0 fully saturated rings. The van der Waals surface area contributed by atoms with E-state index < -0.39 is 0 Å². The number of nitrogens with zero attached hydrogens (tertiary/aromatic N) is 1. The number of benzene rings is 1. The maximum absolute atomic E-state index is 12.2. The maximum Gasteiger partial charge on any atom is 0.169 e. The molecular weight excluding hydrogens is 308 g/mol. The zero-order valence-corrected chi connectivity index (χ0v) is 12.0. The number of pyridine rings is 1. The minimum atomic E-state index is -0.0590. The molecule has 1 heterocycles. The SMILES string of the molecule is COc1ccc(N)c(C(=O)Cc2cncc(Br)c2)c1. The number of hydrogen-bond acceptors (Lipinski definition) is 4. The number of methoxy groups -OCH3 is 1. The van der Waals surface area contributed by atoms with Gasteiger partial charge in [-0.3, -0.25) is 9.78 Å². The van der Waals surface area contributed by atoms with Gasteiger partial charge >= 0.3 is 0 Å². The van der Waals surface area contributed by atoms with Crippen molar-refractivity contribution in [3.8, 4) is 5.75 Å². The lowest BCUT2D eigenvalue weighted by Crippen LogP contribution is -2.07. The number of ketones is 1. The van der Waals surface area contributed by atoms with Crippen LogP contribution in [0, 0.1) is 0 Å². The van der Waals surface area contributed by atoms with Crippen molar-refractivity contribution in [1.82, 2.24) is 4.98 Å². The zero-order chi connectivity index (χ0) is 13.8. The summed E-state index contributed by atoms with van der Waals surface area (Å²) in [5, 5.41) is 0. The summed E-state index contributed by atoms with van der Waals surface area (Å²) in [6, 6.07) is 6.92.